The van der Waals surface area contributed by atoms with E-state index in [1.807, 2.05) is 12.1 Å². The third kappa shape index (κ3) is 5.68. The predicted octanol–water partition coefficient (Wildman–Crippen LogP) is 2.74. The van der Waals surface area contributed by atoms with Crippen LogP contribution in [0.2, 0.25) is 0 Å². The maximum absolute atomic E-state index is 11.2. The Morgan fingerprint density at radius 2 is 2.03 bits per heavy atom. The molecule has 1 atom stereocenters. The van der Waals surface area contributed by atoms with Crippen molar-refractivity contribution in [1.82, 2.24) is 19.7 Å². The number of aliphatic hydroxyl groups excluding tert-OH is 2. The molecule has 0 radical (unpaired) electrons. The van der Waals surface area contributed by atoms with Crippen LogP contribution in [0.3, 0.4) is 0 Å². The molecule has 11 nitrogen and oxygen atoms in total. The lowest BCUT2D eigenvalue weighted by molar-refractivity contribution is 0.209. The van der Waals surface area contributed by atoms with Crippen LogP contribution in [0.25, 0.3) is 11.0 Å². The van der Waals surface area contributed by atoms with Gasteiger partial charge in [-0.2, -0.15) is 10.1 Å². The third-order valence-electron chi connectivity index (χ3n) is 5.28. The van der Waals surface area contributed by atoms with Crippen molar-refractivity contribution in [2.24, 2.45) is 0 Å². The lowest BCUT2D eigenvalue weighted by Gasteiger charge is -2.19. The Balaban J connectivity index is 2.11. The van der Waals surface area contributed by atoms with E-state index in [0.717, 1.165) is 24.0 Å². The van der Waals surface area contributed by atoms with E-state index in [2.05, 4.69) is 32.6 Å². The molecule has 11 heteroatoms. The maximum atomic E-state index is 11.2. The zero-order chi connectivity index (χ0) is 24.0. The van der Waals surface area contributed by atoms with E-state index in [0.29, 0.717) is 41.3 Å². The second kappa shape index (κ2) is 10.9. The molecule has 33 heavy (non-hydrogen) atoms. The fourth-order valence-corrected chi connectivity index (χ4v) is 3.76. The number of benzene rings is 1. The molecule has 2 aromatic heterocycles. The van der Waals surface area contributed by atoms with Gasteiger partial charge in [-0.3, -0.25) is 10.00 Å². The van der Waals surface area contributed by atoms with Crippen LogP contribution in [0.15, 0.2) is 18.2 Å². The molecular weight excluding hydrogens is 428 g/mol. The summed E-state index contributed by atoms with van der Waals surface area (Å²) < 4.78 is 7.24. The normalized spacial score (nSPS) is 12.0. The van der Waals surface area contributed by atoms with E-state index in [4.69, 9.17) is 9.84 Å². The highest BCUT2D eigenvalue weighted by atomic mass is 16.5. The molecule has 0 saturated carbocycles. The molecule has 0 fully saturated rings. The number of nitrogens with one attached hydrogen (secondary N) is 2. The van der Waals surface area contributed by atoms with Gasteiger partial charge in [-0.1, -0.05) is 25.5 Å². The number of aryl methyl sites for hydroxylation is 1. The van der Waals surface area contributed by atoms with Crippen molar-refractivity contribution < 1.29 is 24.9 Å². The number of aliphatic hydroxyl groups is 2. The highest BCUT2D eigenvalue weighted by Crippen LogP contribution is 2.29. The molecule has 3 rings (SSSR count). The molecule has 0 spiro atoms. The molecule has 5 N–H and O–H groups in total. The summed E-state index contributed by atoms with van der Waals surface area (Å²) in [5.74, 6) is 0.998. The molecule has 178 valence electrons. The molecule has 3 aromatic rings. The first-order chi connectivity index (χ1) is 15.9. The minimum atomic E-state index is -1.26. The summed E-state index contributed by atoms with van der Waals surface area (Å²) in [5.41, 5.74) is 3.33. The van der Waals surface area contributed by atoms with Gasteiger partial charge >= 0.3 is 6.09 Å². The van der Waals surface area contributed by atoms with Crippen molar-refractivity contribution in [2.45, 2.75) is 52.3 Å². The number of carbonyl (C=O) groups is 1. The number of hydrogen-bond acceptors (Lipinski definition) is 8. The summed E-state index contributed by atoms with van der Waals surface area (Å²) in [5, 5.41) is 38.2. The predicted molar refractivity (Wildman–Crippen MR) is 124 cm³/mol. The molecule has 0 aliphatic carbocycles. The van der Waals surface area contributed by atoms with Crippen LogP contribution < -0.4 is 15.4 Å². The molecule has 2 heterocycles. The average molecular weight is 459 g/mol. The van der Waals surface area contributed by atoms with Gasteiger partial charge in [0.2, 0.25) is 5.95 Å². The van der Waals surface area contributed by atoms with Crippen LogP contribution >= 0.6 is 0 Å². The number of anilines is 2. The Labute approximate surface area is 191 Å². The van der Waals surface area contributed by atoms with Gasteiger partial charge in [-0.25, -0.2) is 9.78 Å². The first-order valence-corrected chi connectivity index (χ1v) is 10.8. The second-order valence-electron chi connectivity index (χ2n) is 7.71. The van der Waals surface area contributed by atoms with Gasteiger partial charge in [0.1, 0.15) is 16.8 Å². The number of amides is 1. The minimum Gasteiger partial charge on any atom is -0.496 e. The summed E-state index contributed by atoms with van der Waals surface area (Å²) in [6.45, 7) is 4.12. The first-order valence-electron chi connectivity index (χ1n) is 10.8. The van der Waals surface area contributed by atoms with Crippen LogP contribution in [0.5, 0.6) is 5.75 Å². The summed E-state index contributed by atoms with van der Waals surface area (Å²) >= 11 is 0. The van der Waals surface area contributed by atoms with E-state index in [9.17, 15) is 15.0 Å². The zero-order valence-electron chi connectivity index (χ0n) is 19.0. The first kappa shape index (κ1) is 24.2. The number of ether oxygens (including phenoxy) is 1. The van der Waals surface area contributed by atoms with Gasteiger partial charge in [0.15, 0.2) is 5.82 Å². The van der Waals surface area contributed by atoms with Gasteiger partial charge in [0.05, 0.1) is 26.0 Å². The quantitative estimate of drug-likeness (QED) is 0.292. The molecule has 1 aromatic carbocycles. The molecule has 0 saturated heterocycles. The SMILES string of the molecule is CCC[C@@H](CCO)Nc1nc(NC(=O)O)nc2c(C)nn(Cc3ccc(CO)cc3OC)c12. The number of carboxylic acid groups (broad SMARTS) is 1. The largest absolute Gasteiger partial charge is 0.496 e. The molecular formula is C22H30N6O5. The van der Waals surface area contributed by atoms with Crippen molar-refractivity contribution in [3.63, 3.8) is 0 Å². The van der Waals surface area contributed by atoms with Gasteiger partial charge < -0.3 is 25.4 Å². The van der Waals surface area contributed by atoms with E-state index in [-0.39, 0.29) is 25.2 Å². The average Bonchev–Trinajstić information content (AvgIpc) is 3.09. The van der Waals surface area contributed by atoms with Crippen molar-refractivity contribution in [3.8, 4) is 5.75 Å². The number of rotatable bonds is 11. The van der Waals surface area contributed by atoms with Crippen LogP contribution in [-0.2, 0) is 13.2 Å². The molecule has 0 bridgehead atoms. The smallest absolute Gasteiger partial charge is 0.411 e. The van der Waals surface area contributed by atoms with E-state index in [1.165, 1.54) is 0 Å². The maximum Gasteiger partial charge on any atom is 0.411 e. The molecule has 1 amide bonds. The zero-order valence-corrected chi connectivity index (χ0v) is 19.0. The number of methoxy groups -OCH3 is 1. The highest BCUT2D eigenvalue weighted by Gasteiger charge is 2.21. The monoisotopic (exact) mass is 458 g/mol. The fraction of sp³-hybridized carbons (Fsp3) is 0.455. The topological polar surface area (TPSA) is 155 Å². The number of nitrogens with zero attached hydrogens (tertiary/aromatic N) is 4. The molecule has 0 aliphatic heterocycles. The lowest BCUT2D eigenvalue weighted by atomic mass is 10.1. The van der Waals surface area contributed by atoms with Gasteiger partial charge in [0, 0.05) is 18.2 Å². The van der Waals surface area contributed by atoms with Crippen LogP contribution in [0.1, 0.15) is 43.0 Å². The Bertz CT molecular complexity index is 1110. The van der Waals surface area contributed by atoms with Gasteiger partial charge in [-0.15, -0.1) is 0 Å². The van der Waals surface area contributed by atoms with Crippen LogP contribution in [0.4, 0.5) is 16.6 Å². The number of hydrogen-bond donors (Lipinski definition) is 5. The molecule has 0 unspecified atom stereocenters. The Morgan fingerprint density at radius 3 is 2.67 bits per heavy atom. The van der Waals surface area contributed by atoms with Crippen molar-refractivity contribution in [1.29, 1.82) is 0 Å². The third-order valence-corrected chi connectivity index (χ3v) is 5.28. The van der Waals surface area contributed by atoms with E-state index < -0.39 is 6.09 Å². The minimum absolute atomic E-state index is 0.0127. The number of fused-ring (bicyclic) bond motifs is 1. The Hall–Kier alpha value is -3.44. The lowest BCUT2D eigenvalue weighted by Crippen LogP contribution is -2.23. The van der Waals surface area contributed by atoms with Crippen molar-refractivity contribution in [3.05, 3.63) is 35.0 Å². The highest BCUT2D eigenvalue weighted by molar-refractivity contribution is 5.91. The van der Waals surface area contributed by atoms with Gasteiger partial charge in [0.25, 0.3) is 0 Å². The summed E-state index contributed by atoms with van der Waals surface area (Å²) in [6, 6.07) is 5.40. The molecule has 0 aliphatic rings. The van der Waals surface area contributed by atoms with Crippen LogP contribution in [-0.4, -0.2) is 60.9 Å². The fourth-order valence-electron chi connectivity index (χ4n) is 3.76. The van der Waals surface area contributed by atoms with E-state index in [1.54, 1.807) is 24.8 Å². The van der Waals surface area contributed by atoms with Crippen molar-refractivity contribution >= 4 is 28.9 Å². The summed E-state index contributed by atoms with van der Waals surface area (Å²) in [4.78, 5) is 20.0. The Morgan fingerprint density at radius 1 is 1.24 bits per heavy atom. The standard InChI is InChI=1S/C22H30N6O5/c1-4-5-16(8-9-29)23-20-19-18(24-21(25-20)26-22(31)32)13(2)27-28(19)11-15-7-6-14(12-30)10-17(15)33-3/h6-7,10,16,29-30H,4-5,8-9,11-12H2,1-3H3,(H,31,32)(H2,23,24,25,26)/t16-/m0/s1. The summed E-state index contributed by atoms with van der Waals surface area (Å²) in [7, 11) is 1.57. The number of aromatic nitrogens is 4. The van der Waals surface area contributed by atoms with Crippen LogP contribution in [0, 0.1) is 6.92 Å². The van der Waals surface area contributed by atoms with Gasteiger partial charge in [-0.05, 0) is 31.4 Å². The second-order valence-corrected chi connectivity index (χ2v) is 7.71. The van der Waals surface area contributed by atoms with Crippen molar-refractivity contribution in [2.75, 3.05) is 24.4 Å². The Kier molecular flexibility index (Phi) is 8.01. The van der Waals surface area contributed by atoms with E-state index >= 15 is 0 Å². The summed E-state index contributed by atoms with van der Waals surface area (Å²) in [6.07, 6.45) is 0.959.